The first-order valence-electron chi connectivity index (χ1n) is 9.31. The van der Waals surface area contributed by atoms with Crippen molar-refractivity contribution in [3.63, 3.8) is 0 Å². The van der Waals surface area contributed by atoms with Gasteiger partial charge in [-0.05, 0) is 43.4 Å². The second-order valence-corrected chi connectivity index (χ2v) is 6.73. The van der Waals surface area contributed by atoms with Crippen molar-refractivity contribution in [2.24, 2.45) is 5.92 Å². The maximum atomic E-state index is 12.4. The summed E-state index contributed by atoms with van der Waals surface area (Å²) in [6.45, 7) is 6.01. The van der Waals surface area contributed by atoms with E-state index in [2.05, 4.69) is 19.2 Å². The third-order valence-electron chi connectivity index (χ3n) is 4.68. The number of nitrogens with one attached hydrogen (secondary N) is 1. The molecule has 2 rings (SSSR count). The van der Waals surface area contributed by atoms with E-state index in [9.17, 15) is 9.59 Å². The van der Waals surface area contributed by atoms with Crippen molar-refractivity contribution >= 4 is 17.5 Å². The van der Waals surface area contributed by atoms with Crippen molar-refractivity contribution in [3.8, 4) is 0 Å². The summed E-state index contributed by atoms with van der Waals surface area (Å²) in [5.74, 6) is 0.409. The van der Waals surface area contributed by atoms with Crippen LogP contribution in [0.2, 0.25) is 0 Å². The molecule has 1 aliphatic heterocycles. The molecule has 0 aromatic heterocycles. The van der Waals surface area contributed by atoms with Gasteiger partial charge in [0.1, 0.15) is 0 Å². The molecule has 2 amide bonds. The quantitative estimate of drug-likeness (QED) is 0.783. The zero-order valence-electron chi connectivity index (χ0n) is 15.0. The van der Waals surface area contributed by atoms with E-state index >= 15 is 0 Å². The third-order valence-corrected chi connectivity index (χ3v) is 4.68. The molecule has 0 saturated carbocycles. The molecule has 24 heavy (non-hydrogen) atoms. The molecule has 1 saturated heterocycles. The van der Waals surface area contributed by atoms with Gasteiger partial charge in [-0.2, -0.15) is 0 Å². The van der Waals surface area contributed by atoms with Gasteiger partial charge in [-0.15, -0.1) is 0 Å². The fourth-order valence-corrected chi connectivity index (χ4v) is 3.31. The van der Waals surface area contributed by atoms with Crippen molar-refractivity contribution in [1.29, 1.82) is 0 Å². The monoisotopic (exact) mass is 330 g/mol. The van der Waals surface area contributed by atoms with Crippen LogP contribution in [0.1, 0.15) is 57.9 Å². The van der Waals surface area contributed by atoms with Crippen LogP contribution >= 0.6 is 0 Å². The molecule has 0 unspecified atom stereocenters. The van der Waals surface area contributed by atoms with Gasteiger partial charge >= 0.3 is 0 Å². The first kappa shape index (κ1) is 18.5. The topological polar surface area (TPSA) is 49.4 Å². The Labute approximate surface area is 145 Å². The second kappa shape index (κ2) is 9.45. The summed E-state index contributed by atoms with van der Waals surface area (Å²) in [5.41, 5.74) is 1.82. The Morgan fingerprint density at radius 2 is 1.62 bits per heavy atom. The van der Waals surface area contributed by atoms with Crippen LogP contribution in [0.4, 0.5) is 5.69 Å². The van der Waals surface area contributed by atoms with Crippen LogP contribution in [0.5, 0.6) is 0 Å². The summed E-state index contributed by atoms with van der Waals surface area (Å²) in [6, 6.07) is 7.69. The summed E-state index contributed by atoms with van der Waals surface area (Å²) in [7, 11) is 0. The number of nitrogens with zero attached hydrogens (tertiary/aromatic N) is 1. The Bertz CT molecular complexity index is 527. The molecule has 0 spiro atoms. The Morgan fingerprint density at radius 3 is 2.17 bits per heavy atom. The predicted octanol–water partition coefficient (Wildman–Crippen LogP) is 4.01. The molecule has 1 N–H and O–H groups in total. The van der Waals surface area contributed by atoms with Crippen LogP contribution in [-0.4, -0.2) is 29.8 Å². The summed E-state index contributed by atoms with van der Waals surface area (Å²) in [6.07, 6.45) is 6.60. The van der Waals surface area contributed by atoms with Crippen LogP contribution in [-0.2, 0) is 16.0 Å². The second-order valence-electron chi connectivity index (χ2n) is 6.73. The maximum Gasteiger partial charge on any atom is 0.227 e. The minimum Gasteiger partial charge on any atom is -0.342 e. The number of hydrogen-bond donors (Lipinski definition) is 1. The van der Waals surface area contributed by atoms with Crippen molar-refractivity contribution in [3.05, 3.63) is 29.8 Å². The van der Waals surface area contributed by atoms with E-state index in [1.165, 1.54) is 0 Å². The van der Waals surface area contributed by atoms with E-state index < -0.39 is 0 Å². The smallest absolute Gasteiger partial charge is 0.227 e. The van der Waals surface area contributed by atoms with Crippen molar-refractivity contribution in [1.82, 2.24) is 4.90 Å². The highest BCUT2D eigenvalue weighted by atomic mass is 16.2. The largest absolute Gasteiger partial charge is 0.342 e. The average Bonchev–Trinajstić information content (AvgIpc) is 3.11. The molecular formula is C20H30N2O2. The van der Waals surface area contributed by atoms with Crippen molar-refractivity contribution in [2.75, 3.05) is 18.4 Å². The molecule has 0 bridgehead atoms. The minimum atomic E-state index is 0.0939. The molecule has 1 aromatic rings. The standard InChI is InChI=1S/C20H30N2O2/c1-3-7-17(8-4-2)20(24)21-18-11-9-16(10-12-18)15-19(23)22-13-5-6-14-22/h9-12,17H,3-8,13-15H2,1-2H3,(H,21,24). The average molecular weight is 330 g/mol. The third kappa shape index (κ3) is 5.36. The van der Waals surface area contributed by atoms with Gasteiger partial charge in [-0.1, -0.05) is 38.8 Å². The number of anilines is 1. The lowest BCUT2D eigenvalue weighted by Gasteiger charge is -2.16. The highest BCUT2D eigenvalue weighted by molar-refractivity contribution is 5.92. The number of benzene rings is 1. The van der Waals surface area contributed by atoms with E-state index in [0.29, 0.717) is 6.42 Å². The molecule has 1 fully saturated rings. The normalized spacial score (nSPS) is 14.2. The number of rotatable bonds is 8. The SMILES string of the molecule is CCCC(CCC)C(=O)Nc1ccc(CC(=O)N2CCCC2)cc1. The highest BCUT2D eigenvalue weighted by Crippen LogP contribution is 2.18. The Kier molecular flexibility index (Phi) is 7.29. The van der Waals surface area contributed by atoms with Crippen LogP contribution in [0, 0.1) is 5.92 Å². The van der Waals surface area contributed by atoms with Gasteiger partial charge in [0.25, 0.3) is 0 Å². The van der Waals surface area contributed by atoms with Crippen molar-refractivity contribution in [2.45, 2.75) is 58.8 Å². The van der Waals surface area contributed by atoms with Gasteiger partial charge < -0.3 is 10.2 Å². The van der Waals surface area contributed by atoms with Crippen LogP contribution in [0.25, 0.3) is 0 Å². The van der Waals surface area contributed by atoms with E-state index in [-0.39, 0.29) is 17.7 Å². The Morgan fingerprint density at radius 1 is 1.04 bits per heavy atom. The minimum absolute atomic E-state index is 0.0939. The summed E-state index contributed by atoms with van der Waals surface area (Å²) >= 11 is 0. The van der Waals surface area contributed by atoms with Crippen LogP contribution < -0.4 is 5.32 Å². The Balaban J connectivity index is 1.88. The number of carbonyl (C=O) groups excluding carboxylic acids is 2. The van der Waals surface area contributed by atoms with Gasteiger partial charge in [-0.3, -0.25) is 9.59 Å². The molecular weight excluding hydrogens is 300 g/mol. The molecule has 132 valence electrons. The number of likely N-dealkylation sites (tertiary alicyclic amines) is 1. The summed E-state index contributed by atoms with van der Waals surface area (Å²) in [4.78, 5) is 26.5. The lowest BCUT2D eigenvalue weighted by atomic mass is 9.97. The maximum absolute atomic E-state index is 12.4. The fraction of sp³-hybridized carbons (Fsp3) is 0.600. The Hall–Kier alpha value is -1.84. The molecule has 0 atom stereocenters. The van der Waals surface area contributed by atoms with Crippen LogP contribution in [0.15, 0.2) is 24.3 Å². The highest BCUT2D eigenvalue weighted by Gasteiger charge is 2.18. The molecule has 0 aliphatic carbocycles. The molecule has 1 heterocycles. The molecule has 4 heteroatoms. The van der Waals surface area contributed by atoms with E-state index in [1.54, 1.807) is 0 Å². The molecule has 4 nitrogen and oxygen atoms in total. The van der Waals surface area contributed by atoms with Gasteiger partial charge in [0.05, 0.1) is 6.42 Å². The summed E-state index contributed by atoms with van der Waals surface area (Å²) in [5, 5.41) is 3.01. The predicted molar refractivity (Wildman–Crippen MR) is 97.9 cm³/mol. The lowest BCUT2D eigenvalue weighted by Crippen LogP contribution is -2.29. The summed E-state index contributed by atoms with van der Waals surface area (Å²) < 4.78 is 0. The van der Waals surface area contributed by atoms with E-state index in [4.69, 9.17) is 0 Å². The number of carbonyl (C=O) groups is 2. The zero-order valence-corrected chi connectivity index (χ0v) is 15.0. The van der Waals surface area contributed by atoms with Crippen LogP contribution in [0.3, 0.4) is 0 Å². The van der Waals surface area contributed by atoms with Gasteiger partial charge in [0.2, 0.25) is 11.8 Å². The first-order chi connectivity index (χ1) is 11.6. The van der Waals surface area contributed by atoms with Gasteiger partial charge in [0.15, 0.2) is 0 Å². The first-order valence-corrected chi connectivity index (χ1v) is 9.31. The van der Waals surface area contributed by atoms with Crippen molar-refractivity contribution < 1.29 is 9.59 Å². The van der Waals surface area contributed by atoms with E-state index in [1.807, 2.05) is 29.2 Å². The molecule has 0 radical (unpaired) electrons. The van der Waals surface area contributed by atoms with E-state index in [0.717, 1.165) is 62.9 Å². The molecule has 1 aliphatic rings. The fourth-order valence-electron chi connectivity index (χ4n) is 3.31. The lowest BCUT2D eigenvalue weighted by molar-refractivity contribution is -0.129. The van der Waals surface area contributed by atoms with Gasteiger partial charge in [0, 0.05) is 24.7 Å². The number of amides is 2. The van der Waals surface area contributed by atoms with Gasteiger partial charge in [-0.25, -0.2) is 0 Å². The zero-order chi connectivity index (χ0) is 17.4. The molecule has 1 aromatic carbocycles. The number of hydrogen-bond acceptors (Lipinski definition) is 2.